The van der Waals surface area contributed by atoms with E-state index in [2.05, 4.69) is 39.8 Å². The number of carbonyl (C=O) groups is 1. The molecule has 216 valence electrons. The normalized spacial score (nSPS) is 41.1. The van der Waals surface area contributed by atoms with Crippen molar-refractivity contribution in [3.63, 3.8) is 0 Å². The Morgan fingerprint density at radius 3 is 2.31 bits per heavy atom. The van der Waals surface area contributed by atoms with Gasteiger partial charge in [-0.2, -0.15) is 0 Å². The van der Waals surface area contributed by atoms with E-state index in [9.17, 15) is 9.90 Å². The summed E-state index contributed by atoms with van der Waals surface area (Å²) in [5.41, 5.74) is 11.5. The van der Waals surface area contributed by atoms with E-state index in [0.717, 1.165) is 49.2 Å². The monoisotopic (exact) mass is 537 g/mol. The van der Waals surface area contributed by atoms with E-state index in [1.54, 1.807) is 5.57 Å². The standard InChI is InChI=1S/C32H45NO4.C2H6/c1-18-25-19(17-33)14-24-31(6,21(25)15-23-26(18)37-28(2,3)36-23)9-8-20-22-16-30(5,27(34)35)11-10-29(22,4)12-13-32(20,24)7;1-2/h14-15,19-20,22H,8-13,16-17,33H2,1-7H3,(H,34,35);1-2H3/t19?,20?,22?,29?,30-,31?,32?;/m1./s1. The van der Waals surface area contributed by atoms with Gasteiger partial charge >= 0.3 is 5.97 Å². The van der Waals surface area contributed by atoms with Crippen LogP contribution < -0.4 is 15.2 Å². The second-order valence-electron chi connectivity index (χ2n) is 14.5. The fourth-order valence-electron chi connectivity index (χ4n) is 9.53. The van der Waals surface area contributed by atoms with Crippen molar-refractivity contribution in [2.24, 2.45) is 33.8 Å². The van der Waals surface area contributed by atoms with Gasteiger partial charge in [-0.05, 0) is 104 Å². The lowest BCUT2D eigenvalue weighted by atomic mass is 9.39. The average molecular weight is 538 g/mol. The first-order valence-corrected chi connectivity index (χ1v) is 15.4. The van der Waals surface area contributed by atoms with Gasteiger partial charge < -0.3 is 20.3 Å². The summed E-state index contributed by atoms with van der Waals surface area (Å²) < 4.78 is 12.5. The SMILES string of the molecule is CC.Cc1c2c(cc3c1C(CN)C=C1C3(C)CCC3C4C[C@](C)(C(=O)O)CCC4(C)CCC13C)OC(C)(C)O2. The molecule has 1 aromatic rings. The average Bonchev–Trinajstić information content (AvgIpc) is 3.20. The van der Waals surface area contributed by atoms with Crippen molar-refractivity contribution in [1.82, 2.24) is 0 Å². The third-order valence-electron chi connectivity index (χ3n) is 11.8. The highest BCUT2D eigenvalue weighted by atomic mass is 16.7. The number of fused-ring (bicyclic) bond motifs is 8. The van der Waals surface area contributed by atoms with Gasteiger partial charge in [-0.3, -0.25) is 4.79 Å². The van der Waals surface area contributed by atoms with Crippen LogP contribution in [0.2, 0.25) is 0 Å². The minimum absolute atomic E-state index is 0.0442. The van der Waals surface area contributed by atoms with Crippen molar-refractivity contribution in [3.8, 4) is 11.5 Å². The smallest absolute Gasteiger partial charge is 0.309 e. The molecule has 6 rings (SSSR count). The molecule has 1 aliphatic heterocycles. The summed E-state index contributed by atoms with van der Waals surface area (Å²) in [6.07, 6.45) is 9.68. The molecular formula is C34H51NO4. The van der Waals surface area contributed by atoms with Crippen LogP contribution in [0.15, 0.2) is 17.7 Å². The highest BCUT2D eigenvalue weighted by molar-refractivity contribution is 5.74. The summed E-state index contributed by atoms with van der Waals surface area (Å²) in [5.74, 6) is 1.52. The predicted octanol–water partition coefficient (Wildman–Crippen LogP) is 7.88. The summed E-state index contributed by atoms with van der Waals surface area (Å²) >= 11 is 0. The number of aliphatic carboxylic acids is 1. The fourth-order valence-corrected chi connectivity index (χ4v) is 9.53. The molecule has 39 heavy (non-hydrogen) atoms. The first-order valence-electron chi connectivity index (χ1n) is 15.4. The Morgan fingerprint density at radius 1 is 1.00 bits per heavy atom. The Morgan fingerprint density at radius 2 is 1.67 bits per heavy atom. The number of allylic oxidation sites excluding steroid dienone is 1. The minimum Gasteiger partial charge on any atom is -0.481 e. The van der Waals surface area contributed by atoms with Crippen LogP contribution >= 0.6 is 0 Å². The molecule has 4 aliphatic carbocycles. The molecule has 0 amide bonds. The van der Waals surface area contributed by atoms with Crippen LogP contribution in [0.25, 0.3) is 0 Å². The van der Waals surface area contributed by atoms with Crippen molar-refractivity contribution in [2.45, 2.75) is 124 Å². The van der Waals surface area contributed by atoms with Crippen LogP contribution in [0.5, 0.6) is 11.5 Å². The van der Waals surface area contributed by atoms with E-state index in [-0.39, 0.29) is 22.2 Å². The quantitative estimate of drug-likeness (QED) is 0.375. The second-order valence-corrected chi connectivity index (χ2v) is 14.5. The summed E-state index contributed by atoms with van der Waals surface area (Å²) in [5, 5.41) is 10.1. The Kier molecular flexibility index (Phi) is 6.58. The van der Waals surface area contributed by atoms with Crippen molar-refractivity contribution in [2.75, 3.05) is 6.54 Å². The van der Waals surface area contributed by atoms with Crippen LogP contribution in [0.1, 0.15) is 123 Å². The Hall–Kier alpha value is -2.01. The number of carboxylic acids is 1. The van der Waals surface area contributed by atoms with E-state index in [4.69, 9.17) is 15.2 Å². The molecule has 5 aliphatic rings. The lowest BCUT2D eigenvalue weighted by Crippen LogP contribution is -2.57. The fraction of sp³-hybridized carbons (Fsp3) is 0.735. The summed E-state index contributed by atoms with van der Waals surface area (Å²) in [4.78, 5) is 12.3. The van der Waals surface area contributed by atoms with Crippen molar-refractivity contribution >= 4 is 5.97 Å². The largest absolute Gasteiger partial charge is 0.481 e. The van der Waals surface area contributed by atoms with Gasteiger partial charge in [0.05, 0.1) is 5.41 Å². The number of benzene rings is 1. The number of ether oxygens (including phenoxy) is 2. The number of hydrogen-bond acceptors (Lipinski definition) is 4. The Bertz CT molecular complexity index is 1220. The van der Waals surface area contributed by atoms with Gasteiger partial charge in [-0.25, -0.2) is 0 Å². The Labute approximate surface area is 235 Å². The number of nitrogens with two attached hydrogens (primary N) is 1. The van der Waals surface area contributed by atoms with Gasteiger partial charge in [0.1, 0.15) is 0 Å². The van der Waals surface area contributed by atoms with Gasteiger partial charge in [-0.1, -0.05) is 46.3 Å². The van der Waals surface area contributed by atoms with Gasteiger partial charge in [-0.15, -0.1) is 0 Å². The van der Waals surface area contributed by atoms with Crippen LogP contribution in [-0.4, -0.2) is 23.4 Å². The molecule has 6 unspecified atom stereocenters. The minimum atomic E-state index is -0.665. The first kappa shape index (κ1) is 28.5. The topological polar surface area (TPSA) is 81.8 Å². The molecule has 0 aromatic heterocycles. The lowest BCUT2D eigenvalue weighted by Gasteiger charge is -2.65. The third-order valence-corrected chi connectivity index (χ3v) is 11.8. The zero-order chi connectivity index (χ0) is 28.8. The highest BCUT2D eigenvalue weighted by Gasteiger charge is 2.62. The molecule has 3 N–H and O–H groups in total. The molecule has 5 heteroatoms. The van der Waals surface area contributed by atoms with E-state index in [1.807, 2.05) is 34.6 Å². The first-order chi connectivity index (χ1) is 18.2. The van der Waals surface area contributed by atoms with E-state index in [1.165, 1.54) is 24.0 Å². The van der Waals surface area contributed by atoms with Crippen molar-refractivity contribution < 1.29 is 19.4 Å². The molecule has 0 bridgehead atoms. The van der Waals surface area contributed by atoms with E-state index in [0.29, 0.717) is 18.4 Å². The summed E-state index contributed by atoms with van der Waals surface area (Å²) in [6, 6.07) is 2.26. The number of carboxylic acid groups (broad SMARTS) is 1. The molecule has 3 fully saturated rings. The second kappa shape index (κ2) is 8.99. The van der Waals surface area contributed by atoms with Crippen LogP contribution in [0.3, 0.4) is 0 Å². The van der Waals surface area contributed by atoms with Crippen LogP contribution in [-0.2, 0) is 10.2 Å². The van der Waals surface area contributed by atoms with Crippen LogP contribution in [0, 0.1) is 35.0 Å². The molecule has 7 atom stereocenters. The molecule has 0 saturated heterocycles. The lowest BCUT2D eigenvalue weighted by molar-refractivity contribution is -0.160. The zero-order valence-electron chi connectivity index (χ0n) is 25.8. The van der Waals surface area contributed by atoms with Gasteiger partial charge in [0.15, 0.2) is 11.5 Å². The maximum Gasteiger partial charge on any atom is 0.309 e. The highest BCUT2D eigenvalue weighted by Crippen LogP contribution is 2.70. The summed E-state index contributed by atoms with van der Waals surface area (Å²) in [6.45, 7) is 20.0. The molecule has 3 saturated carbocycles. The molecular weight excluding hydrogens is 486 g/mol. The maximum atomic E-state index is 12.3. The maximum absolute atomic E-state index is 12.3. The molecule has 1 heterocycles. The Balaban J connectivity index is 0.00000151. The molecule has 1 aromatic carbocycles. The zero-order valence-corrected chi connectivity index (χ0v) is 25.8. The van der Waals surface area contributed by atoms with E-state index >= 15 is 0 Å². The van der Waals surface area contributed by atoms with Gasteiger partial charge in [0, 0.05) is 31.7 Å². The van der Waals surface area contributed by atoms with Gasteiger partial charge in [0.2, 0.25) is 5.79 Å². The van der Waals surface area contributed by atoms with Gasteiger partial charge in [0.25, 0.3) is 0 Å². The molecule has 0 radical (unpaired) electrons. The predicted molar refractivity (Wildman–Crippen MR) is 156 cm³/mol. The number of hydrogen-bond donors (Lipinski definition) is 2. The molecule has 0 spiro atoms. The molecule has 5 nitrogen and oxygen atoms in total. The van der Waals surface area contributed by atoms with E-state index < -0.39 is 17.2 Å². The van der Waals surface area contributed by atoms with Crippen molar-refractivity contribution in [1.29, 1.82) is 0 Å². The van der Waals surface area contributed by atoms with Crippen LogP contribution in [0.4, 0.5) is 0 Å². The van der Waals surface area contributed by atoms with Crippen molar-refractivity contribution in [3.05, 3.63) is 34.4 Å². The number of rotatable bonds is 2. The summed E-state index contributed by atoms with van der Waals surface area (Å²) in [7, 11) is 0. The third kappa shape index (κ3) is 3.92.